The second kappa shape index (κ2) is 4.66. The molecule has 0 aliphatic rings. The number of carbonyl (C=O) groups excluding carboxylic acids is 1. The van der Waals surface area contributed by atoms with E-state index in [1.807, 2.05) is 0 Å². The quantitative estimate of drug-likeness (QED) is 0.713. The molecule has 2 rings (SSSR count). The van der Waals surface area contributed by atoms with Gasteiger partial charge in [-0.3, -0.25) is 4.79 Å². The van der Waals surface area contributed by atoms with Crippen molar-refractivity contribution in [1.29, 1.82) is 0 Å². The first-order valence-electron chi connectivity index (χ1n) is 5.19. The molecule has 1 aromatic heterocycles. The monoisotopic (exact) mass is 244 g/mol. The summed E-state index contributed by atoms with van der Waals surface area (Å²) in [6.07, 6.45) is 0. The summed E-state index contributed by atoms with van der Waals surface area (Å²) in [6.45, 7) is 1.45. The number of nitrogens with two attached hydrogens (primary N) is 2. The number of carbonyl (C=O) groups is 1. The number of amides is 1. The maximum Gasteiger partial charge on any atom is 0.225 e. The van der Waals surface area contributed by atoms with Crippen LogP contribution in [0.5, 0.6) is 0 Å². The van der Waals surface area contributed by atoms with Crippen LogP contribution in [0.1, 0.15) is 6.92 Å². The Morgan fingerprint density at radius 3 is 2.11 bits per heavy atom. The van der Waals surface area contributed by atoms with E-state index in [2.05, 4.69) is 20.3 Å². The third-order valence-corrected chi connectivity index (χ3v) is 2.13. The van der Waals surface area contributed by atoms with Crippen molar-refractivity contribution in [1.82, 2.24) is 15.0 Å². The van der Waals surface area contributed by atoms with Gasteiger partial charge in [-0.25, -0.2) is 0 Å². The van der Waals surface area contributed by atoms with Gasteiger partial charge in [0.2, 0.25) is 17.8 Å². The largest absolute Gasteiger partial charge is 0.368 e. The average Bonchev–Trinajstić information content (AvgIpc) is 2.27. The van der Waals surface area contributed by atoms with Gasteiger partial charge in [0, 0.05) is 18.2 Å². The molecule has 92 valence electrons. The Labute approximate surface area is 103 Å². The van der Waals surface area contributed by atoms with Crippen molar-refractivity contribution in [3.63, 3.8) is 0 Å². The second-order valence-electron chi connectivity index (χ2n) is 3.63. The number of nitrogen functional groups attached to an aromatic ring is 2. The van der Waals surface area contributed by atoms with E-state index in [4.69, 9.17) is 11.5 Å². The number of rotatable bonds is 2. The molecule has 7 nitrogen and oxygen atoms in total. The first-order valence-corrected chi connectivity index (χ1v) is 5.19. The zero-order chi connectivity index (χ0) is 13.1. The number of hydrogen-bond acceptors (Lipinski definition) is 6. The SMILES string of the molecule is CC(=O)Nc1ccc(-c2nc(N)nc(N)n2)cc1. The number of nitrogens with zero attached hydrogens (tertiary/aromatic N) is 3. The van der Waals surface area contributed by atoms with E-state index >= 15 is 0 Å². The molecule has 7 heteroatoms. The first-order chi connectivity index (χ1) is 8.54. The van der Waals surface area contributed by atoms with Crippen molar-refractivity contribution < 1.29 is 4.79 Å². The smallest absolute Gasteiger partial charge is 0.225 e. The normalized spacial score (nSPS) is 10.1. The van der Waals surface area contributed by atoms with Gasteiger partial charge < -0.3 is 16.8 Å². The van der Waals surface area contributed by atoms with Crippen molar-refractivity contribution in [3.8, 4) is 11.4 Å². The van der Waals surface area contributed by atoms with Gasteiger partial charge in [-0.15, -0.1) is 0 Å². The minimum absolute atomic E-state index is 0.0726. The number of hydrogen-bond donors (Lipinski definition) is 3. The highest BCUT2D eigenvalue weighted by Crippen LogP contribution is 2.18. The van der Waals surface area contributed by atoms with Crippen LogP contribution in [0.3, 0.4) is 0 Å². The molecule has 0 saturated carbocycles. The van der Waals surface area contributed by atoms with Crippen LogP contribution in [0, 0.1) is 0 Å². The van der Waals surface area contributed by atoms with Crippen LogP contribution in [0.15, 0.2) is 24.3 Å². The summed E-state index contributed by atoms with van der Waals surface area (Å²) in [7, 11) is 0. The Kier molecular flexibility index (Phi) is 3.05. The topological polar surface area (TPSA) is 120 Å². The molecule has 0 bridgehead atoms. The molecule has 0 aliphatic carbocycles. The number of benzene rings is 1. The fraction of sp³-hybridized carbons (Fsp3) is 0.0909. The molecule has 0 atom stereocenters. The summed E-state index contributed by atoms with van der Waals surface area (Å²) in [5.74, 6) is 0.414. The zero-order valence-electron chi connectivity index (χ0n) is 9.71. The van der Waals surface area contributed by atoms with Gasteiger partial charge in [0.05, 0.1) is 0 Å². The molecule has 1 heterocycles. The fourth-order valence-electron chi connectivity index (χ4n) is 1.44. The van der Waals surface area contributed by atoms with Crippen molar-refractivity contribution in [2.45, 2.75) is 6.92 Å². The van der Waals surface area contributed by atoms with Crippen molar-refractivity contribution in [2.75, 3.05) is 16.8 Å². The molecule has 5 N–H and O–H groups in total. The van der Waals surface area contributed by atoms with Crippen LogP contribution in [0.2, 0.25) is 0 Å². The van der Waals surface area contributed by atoms with Gasteiger partial charge in [-0.05, 0) is 24.3 Å². The minimum atomic E-state index is -0.128. The first kappa shape index (κ1) is 11.8. The number of aromatic nitrogens is 3. The summed E-state index contributed by atoms with van der Waals surface area (Å²) in [5, 5.41) is 2.66. The lowest BCUT2D eigenvalue weighted by molar-refractivity contribution is -0.114. The Morgan fingerprint density at radius 1 is 1.06 bits per heavy atom. The Hall–Kier alpha value is -2.70. The Morgan fingerprint density at radius 2 is 1.61 bits per heavy atom. The molecular formula is C11H12N6O. The summed E-state index contributed by atoms with van der Waals surface area (Å²) >= 11 is 0. The van der Waals surface area contributed by atoms with Gasteiger partial charge in [-0.1, -0.05) is 0 Å². The molecule has 0 fully saturated rings. The maximum atomic E-state index is 10.9. The highest BCUT2D eigenvalue weighted by molar-refractivity contribution is 5.88. The second-order valence-corrected chi connectivity index (χ2v) is 3.63. The maximum absolute atomic E-state index is 10.9. The van der Waals surface area contributed by atoms with Crippen LogP contribution >= 0.6 is 0 Å². The fourth-order valence-corrected chi connectivity index (χ4v) is 1.44. The Bertz CT molecular complexity index is 560. The van der Waals surface area contributed by atoms with E-state index in [9.17, 15) is 4.79 Å². The van der Waals surface area contributed by atoms with E-state index < -0.39 is 0 Å². The Balaban J connectivity index is 2.31. The summed E-state index contributed by atoms with van der Waals surface area (Å²) < 4.78 is 0. The summed E-state index contributed by atoms with van der Waals surface area (Å²) in [6, 6.07) is 7.01. The molecule has 0 radical (unpaired) electrons. The highest BCUT2D eigenvalue weighted by atomic mass is 16.1. The third-order valence-electron chi connectivity index (χ3n) is 2.13. The van der Waals surface area contributed by atoms with Gasteiger partial charge >= 0.3 is 0 Å². The molecule has 0 aliphatic heterocycles. The number of anilines is 3. The predicted molar refractivity (Wildman–Crippen MR) is 68.4 cm³/mol. The molecule has 18 heavy (non-hydrogen) atoms. The van der Waals surface area contributed by atoms with E-state index in [-0.39, 0.29) is 17.8 Å². The average molecular weight is 244 g/mol. The highest BCUT2D eigenvalue weighted by Gasteiger charge is 2.05. The van der Waals surface area contributed by atoms with Gasteiger partial charge in [-0.2, -0.15) is 15.0 Å². The molecule has 0 spiro atoms. The van der Waals surface area contributed by atoms with Crippen LogP contribution in [0.25, 0.3) is 11.4 Å². The predicted octanol–water partition coefficient (Wildman–Crippen LogP) is 0.661. The standard InChI is InChI=1S/C11H12N6O/c1-6(18)14-8-4-2-7(3-5-8)9-15-10(12)17-11(13)16-9/h2-5H,1H3,(H,14,18)(H4,12,13,15,16,17). The third kappa shape index (κ3) is 2.70. The van der Waals surface area contributed by atoms with E-state index in [1.165, 1.54) is 6.92 Å². The lowest BCUT2D eigenvalue weighted by Crippen LogP contribution is -2.06. The van der Waals surface area contributed by atoms with Crippen LogP contribution < -0.4 is 16.8 Å². The molecule has 0 saturated heterocycles. The molecule has 1 amide bonds. The summed E-state index contributed by atoms with van der Waals surface area (Å²) in [4.78, 5) is 22.5. The van der Waals surface area contributed by atoms with E-state index in [0.717, 1.165) is 5.56 Å². The van der Waals surface area contributed by atoms with Crippen LogP contribution in [-0.2, 0) is 4.79 Å². The van der Waals surface area contributed by atoms with E-state index in [0.29, 0.717) is 11.5 Å². The lowest BCUT2D eigenvalue weighted by Gasteiger charge is -2.04. The molecule has 2 aromatic rings. The number of nitrogens with one attached hydrogen (secondary N) is 1. The van der Waals surface area contributed by atoms with Crippen LogP contribution in [0.4, 0.5) is 17.6 Å². The van der Waals surface area contributed by atoms with Crippen molar-refractivity contribution in [2.24, 2.45) is 0 Å². The molecule has 0 unspecified atom stereocenters. The zero-order valence-corrected chi connectivity index (χ0v) is 9.71. The van der Waals surface area contributed by atoms with Gasteiger partial charge in [0.1, 0.15) is 0 Å². The van der Waals surface area contributed by atoms with Crippen molar-refractivity contribution >= 4 is 23.5 Å². The lowest BCUT2D eigenvalue weighted by atomic mass is 10.2. The molecule has 1 aromatic carbocycles. The van der Waals surface area contributed by atoms with Gasteiger partial charge in [0.25, 0.3) is 0 Å². The van der Waals surface area contributed by atoms with Crippen LogP contribution in [-0.4, -0.2) is 20.9 Å². The summed E-state index contributed by atoms with van der Waals surface area (Å²) in [5.41, 5.74) is 12.4. The molecular weight excluding hydrogens is 232 g/mol. The van der Waals surface area contributed by atoms with E-state index in [1.54, 1.807) is 24.3 Å². The minimum Gasteiger partial charge on any atom is -0.368 e. The van der Waals surface area contributed by atoms with Crippen molar-refractivity contribution in [3.05, 3.63) is 24.3 Å². The van der Waals surface area contributed by atoms with Gasteiger partial charge in [0.15, 0.2) is 5.82 Å².